The summed E-state index contributed by atoms with van der Waals surface area (Å²) in [6, 6.07) is 12.6. The highest BCUT2D eigenvalue weighted by atomic mass is 16.6. The minimum atomic E-state index is -0.406. The molecule has 2 aliphatic rings. The van der Waals surface area contributed by atoms with E-state index < -0.39 is 5.54 Å². The Balaban J connectivity index is 1.21. The Morgan fingerprint density at radius 2 is 1.76 bits per heavy atom. The standard InChI is InChI=1S/C32H41N3O7/c1-32(2,3)35(31(38)42-21-22-5-7-28-29(17-22)41-16-15-40-28)24-9-11-33(12-10-24)13-14-34-27-19-25(39-4)18-23(20-36)26(27)6-8-30(34)37/h5-8,17-19,24,36H,9-16,20-21H2,1-4H3. The lowest BCUT2D eigenvalue weighted by molar-refractivity contribution is 0.0196. The molecule has 1 amide bonds. The number of aliphatic hydroxyl groups excluding tert-OH is 1. The summed E-state index contributed by atoms with van der Waals surface area (Å²) in [6.07, 6.45) is 1.29. The summed E-state index contributed by atoms with van der Waals surface area (Å²) in [4.78, 5) is 30.4. The van der Waals surface area contributed by atoms with E-state index in [1.165, 1.54) is 0 Å². The molecule has 10 heteroatoms. The molecule has 3 heterocycles. The molecular formula is C32H41N3O7. The number of benzene rings is 2. The van der Waals surface area contributed by atoms with Crippen LogP contribution in [0.15, 0.2) is 47.3 Å². The van der Waals surface area contributed by atoms with E-state index in [4.69, 9.17) is 18.9 Å². The quantitative estimate of drug-likeness (QED) is 0.424. The van der Waals surface area contributed by atoms with Crippen LogP contribution in [-0.2, 0) is 24.5 Å². The normalized spacial score (nSPS) is 15.9. The number of methoxy groups -OCH3 is 1. The van der Waals surface area contributed by atoms with Gasteiger partial charge in [-0.3, -0.25) is 4.79 Å². The van der Waals surface area contributed by atoms with Crippen molar-refractivity contribution in [1.29, 1.82) is 0 Å². The Kier molecular flexibility index (Phi) is 8.93. The van der Waals surface area contributed by atoms with E-state index >= 15 is 0 Å². The lowest BCUT2D eigenvalue weighted by Crippen LogP contribution is -2.55. The van der Waals surface area contributed by atoms with Gasteiger partial charge in [0.1, 0.15) is 25.6 Å². The van der Waals surface area contributed by atoms with E-state index in [9.17, 15) is 14.7 Å². The molecule has 1 N–H and O–H groups in total. The highest BCUT2D eigenvalue weighted by Crippen LogP contribution is 2.32. The molecule has 3 aromatic rings. The van der Waals surface area contributed by atoms with Gasteiger partial charge in [-0.25, -0.2) is 4.79 Å². The van der Waals surface area contributed by atoms with E-state index in [0.29, 0.717) is 43.6 Å². The topological polar surface area (TPSA) is 103 Å². The summed E-state index contributed by atoms with van der Waals surface area (Å²) in [6.45, 7) is 9.97. The van der Waals surface area contributed by atoms with Gasteiger partial charge in [-0.05, 0) is 69.0 Å². The number of fused-ring (bicyclic) bond motifs is 2. The van der Waals surface area contributed by atoms with Crippen LogP contribution < -0.4 is 19.8 Å². The van der Waals surface area contributed by atoms with Gasteiger partial charge in [0, 0.05) is 55.3 Å². The number of rotatable bonds is 8. The largest absolute Gasteiger partial charge is 0.497 e. The summed E-state index contributed by atoms with van der Waals surface area (Å²) >= 11 is 0. The number of piperidine rings is 1. The molecule has 0 radical (unpaired) electrons. The second-order valence-electron chi connectivity index (χ2n) is 11.8. The molecule has 0 spiro atoms. The van der Waals surface area contributed by atoms with Gasteiger partial charge in [-0.1, -0.05) is 6.07 Å². The number of aliphatic hydroxyl groups is 1. The van der Waals surface area contributed by atoms with Crippen molar-refractivity contribution in [3.05, 3.63) is 63.9 Å². The number of nitrogens with zero attached hydrogens (tertiary/aromatic N) is 3. The molecule has 0 atom stereocenters. The number of aromatic nitrogens is 1. The van der Waals surface area contributed by atoms with Crippen LogP contribution in [0.2, 0.25) is 0 Å². The molecule has 1 aromatic heterocycles. The van der Waals surface area contributed by atoms with E-state index in [0.717, 1.165) is 48.0 Å². The average molecular weight is 580 g/mol. The second kappa shape index (κ2) is 12.6. The molecule has 10 nitrogen and oxygen atoms in total. The molecule has 42 heavy (non-hydrogen) atoms. The van der Waals surface area contributed by atoms with Crippen LogP contribution in [-0.4, -0.2) is 77.1 Å². The smallest absolute Gasteiger partial charge is 0.410 e. The monoisotopic (exact) mass is 579 g/mol. The molecule has 2 aromatic carbocycles. The van der Waals surface area contributed by atoms with Gasteiger partial charge >= 0.3 is 6.09 Å². The third-order valence-electron chi connectivity index (χ3n) is 8.02. The third kappa shape index (κ3) is 6.50. The van der Waals surface area contributed by atoms with Crippen molar-refractivity contribution in [3.8, 4) is 17.2 Å². The van der Waals surface area contributed by atoms with Crippen LogP contribution in [0, 0.1) is 0 Å². The summed E-state index contributed by atoms with van der Waals surface area (Å²) in [7, 11) is 1.58. The fraction of sp³-hybridized carbons (Fsp3) is 0.500. The molecule has 0 unspecified atom stereocenters. The Bertz CT molecular complexity index is 1470. The van der Waals surface area contributed by atoms with Gasteiger partial charge in [-0.2, -0.15) is 0 Å². The minimum Gasteiger partial charge on any atom is -0.497 e. The molecule has 226 valence electrons. The SMILES string of the molecule is COc1cc(CO)c2ccc(=O)n(CCN3CCC(N(C(=O)OCc4ccc5c(c4)OCCO5)C(C)(C)C)CC3)c2c1. The predicted molar refractivity (Wildman–Crippen MR) is 159 cm³/mol. The first kappa shape index (κ1) is 29.7. The maximum Gasteiger partial charge on any atom is 0.410 e. The number of carbonyl (C=O) groups excluding carboxylic acids is 1. The van der Waals surface area contributed by atoms with Crippen LogP contribution in [0.25, 0.3) is 10.9 Å². The number of hydrogen-bond acceptors (Lipinski definition) is 8. The van der Waals surface area contributed by atoms with Crippen LogP contribution in [0.1, 0.15) is 44.7 Å². The Labute approximate surface area is 246 Å². The zero-order valence-electron chi connectivity index (χ0n) is 24.9. The van der Waals surface area contributed by atoms with Crippen LogP contribution in [0.3, 0.4) is 0 Å². The number of likely N-dealkylation sites (tertiary alicyclic amines) is 1. The average Bonchev–Trinajstić information content (AvgIpc) is 2.98. The molecule has 0 bridgehead atoms. The lowest BCUT2D eigenvalue weighted by Gasteiger charge is -2.44. The first-order valence-electron chi connectivity index (χ1n) is 14.6. The van der Waals surface area contributed by atoms with E-state index in [1.807, 2.05) is 49.9 Å². The number of pyridine rings is 1. The summed E-state index contributed by atoms with van der Waals surface area (Å²) < 4.78 is 24.2. The summed E-state index contributed by atoms with van der Waals surface area (Å²) in [5.74, 6) is 1.99. The Morgan fingerprint density at radius 1 is 1.02 bits per heavy atom. The van der Waals surface area contributed by atoms with Crippen molar-refractivity contribution in [1.82, 2.24) is 14.4 Å². The van der Waals surface area contributed by atoms with Gasteiger partial charge in [0.15, 0.2) is 11.5 Å². The number of amides is 1. The minimum absolute atomic E-state index is 0.0469. The highest BCUT2D eigenvalue weighted by molar-refractivity contribution is 5.84. The molecule has 1 fully saturated rings. The molecule has 1 saturated heterocycles. The van der Waals surface area contributed by atoms with Crippen molar-refractivity contribution < 1.29 is 28.8 Å². The number of carbonyl (C=O) groups is 1. The molecule has 5 rings (SSSR count). The first-order valence-corrected chi connectivity index (χ1v) is 14.6. The van der Waals surface area contributed by atoms with Crippen molar-refractivity contribution in [2.75, 3.05) is 40.0 Å². The first-order chi connectivity index (χ1) is 20.2. The van der Waals surface area contributed by atoms with Crippen molar-refractivity contribution in [3.63, 3.8) is 0 Å². The molecular weight excluding hydrogens is 538 g/mol. The fourth-order valence-electron chi connectivity index (χ4n) is 5.93. The van der Waals surface area contributed by atoms with Gasteiger partial charge in [0.25, 0.3) is 5.56 Å². The van der Waals surface area contributed by atoms with Crippen LogP contribution in [0.4, 0.5) is 4.79 Å². The highest BCUT2D eigenvalue weighted by Gasteiger charge is 2.36. The Morgan fingerprint density at radius 3 is 2.45 bits per heavy atom. The Hall–Kier alpha value is -3.76. The van der Waals surface area contributed by atoms with E-state index in [-0.39, 0.29) is 30.9 Å². The maximum atomic E-state index is 13.4. The van der Waals surface area contributed by atoms with Crippen molar-refractivity contribution in [2.45, 2.75) is 65.0 Å². The van der Waals surface area contributed by atoms with Crippen molar-refractivity contribution >= 4 is 17.0 Å². The van der Waals surface area contributed by atoms with Crippen LogP contribution >= 0.6 is 0 Å². The van der Waals surface area contributed by atoms with Crippen molar-refractivity contribution in [2.24, 2.45) is 0 Å². The summed E-state index contributed by atoms with van der Waals surface area (Å²) in [5.41, 5.74) is 1.83. The fourth-order valence-corrected chi connectivity index (χ4v) is 5.93. The molecule has 0 saturated carbocycles. The van der Waals surface area contributed by atoms with Gasteiger partial charge in [0.2, 0.25) is 0 Å². The zero-order chi connectivity index (χ0) is 29.9. The summed E-state index contributed by atoms with van der Waals surface area (Å²) in [5, 5.41) is 10.7. The molecule has 0 aliphatic carbocycles. The second-order valence-corrected chi connectivity index (χ2v) is 11.8. The number of hydrogen-bond donors (Lipinski definition) is 1. The van der Waals surface area contributed by atoms with Gasteiger partial charge in [0.05, 0.1) is 19.2 Å². The van der Waals surface area contributed by atoms with E-state index in [2.05, 4.69) is 4.90 Å². The zero-order valence-corrected chi connectivity index (χ0v) is 24.9. The predicted octanol–water partition coefficient (Wildman–Crippen LogP) is 4.18. The number of ether oxygens (including phenoxy) is 4. The van der Waals surface area contributed by atoms with Crippen LogP contribution in [0.5, 0.6) is 17.2 Å². The van der Waals surface area contributed by atoms with Gasteiger partial charge < -0.3 is 38.4 Å². The van der Waals surface area contributed by atoms with Gasteiger partial charge in [-0.15, -0.1) is 0 Å². The van der Waals surface area contributed by atoms with E-state index in [1.54, 1.807) is 29.9 Å². The third-order valence-corrected chi connectivity index (χ3v) is 8.02. The molecule has 2 aliphatic heterocycles. The lowest BCUT2D eigenvalue weighted by atomic mass is 9.97. The maximum absolute atomic E-state index is 13.4.